The van der Waals surface area contributed by atoms with Crippen molar-refractivity contribution in [2.75, 3.05) is 25.5 Å². The Morgan fingerprint density at radius 2 is 1.84 bits per heavy atom. The predicted octanol–water partition coefficient (Wildman–Crippen LogP) is 1.51. The first-order chi connectivity index (χ1) is 12.3. The van der Waals surface area contributed by atoms with Gasteiger partial charge < -0.3 is 15.4 Å². The summed E-state index contributed by atoms with van der Waals surface area (Å²) in [4.78, 5) is 12.2. The zero-order valence-corrected chi connectivity index (χ0v) is 13.7. The van der Waals surface area contributed by atoms with Crippen LogP contribution in [0.25, 0.3) is 5.69 Å². The van der Waals surface area contributed by atoms with Crippen LogP contribution < -0.4 is 15.4 Å². The van der Waals surface area contributed by atoms with Crippen molar-refractivity contribution >= 4 is 11.9 Å². The first kappa shape index (κ1) is 16.4. The molecule has 8 heteroatoms. The zero-order chi connectivity index (χ0) is 17.5. The van der Waals surface area contributed by atoms with Gasteiger partial charge in [0.2, 0.25) is 5.95 Å². The number of tetrazole rings is 1. The van der Waals surface area contributed by atoms with E-state index in [1.54, 1.807) is 22.9 Å². The number of para-hydroxylation sites is 2. The summed E-state index contributed by atoms with van der Waals surface area (Å²) in [5.74, 6) is 0.862. The molecular formula is C17H18N6O2. The van der Waals surface area contributed by atoms with Crippen LogP contribution in [0, 0.1) is 0 Å². The van der Waals surface area contributed by atoms with Crippen LogP contribution in [-0.2, 0) is 0 Å². The molecule has 25 heavy (non-hydrogen) atoms. The van der Waals surface area contributed by atoms with Gasteiger partial charge in [0, 0.05) is 13.1 Å². The fourth-order valence-electron chi connectivity index (χ4n) is 2.32. The average Bonchev–Trinajstić information content (AvgIpc) is 3.14. The molecule has 8 nitrogen and oxygen atoms in total. The van der Waals surface area contributed by atoms with E-state index in [1.807, 2.05) is 36.4 Å². The summed E-state index contributed by atoms with van der Waals surface area (Å²) in [6.07, 6.45) is 0. The maximum absolute atomic E-state index is 12.2. The molecule has 0 radical (unpaired) electrons. The molecule has 1 heterocycles. The topological polar surface area (TPSA) is 94.0 Å². The predicted molar refractivity (Wildman–Crippen MR) is 93.0 cm³/mol. The summed E-state index contributed by atoms with van der Waals surface area (Å²) in [6, 6.07) is 16.6. The largest absolute Gasteiger partial charge is 0.496 e. The van der Waals surface area contributed by atoms with Crippen molar-refractivity contribution in [1.82, 2.24) is 25.5 Å². The van der Waals surface area contributed by atoms with Crippen LogP contribution in [0.4, 0.5) is 5.95 Å². The van der Waals surface area contributed by atoms with Crippen LogP contribution in [0.15, 0.2) is 54.6 Å². The van der Waals surface area contributed by atoms with Crippen LogP contribution in [-0.4, -0.2) is 46.3 Å². The van der Waals surface area contributed by atoms with Gasteiger partial charge in [-0.3, -0.25) is 4.79 Å². The highest BCUT2D eigenvalue weighted by Gasteiger charge is 2.11. The Kier molecular flexibility index (Phi) is 5.20. The van der Waals surface area contributed by atoms with Crippen molar-refractivity contribution in [3.8, 4) is 11.4 Å². The number of nitrogens with one attached hydrogen (secondary N) is 2. The summed E-state index contributed by atoms with van der Waals surface area (Å²) in [6.45, 7) is 0.895. The van der Waals surface area contributed by atoms with E-state index in [9.17, 15) is 4.79 Å². The summed E-state index contributed by atoms with van der Waals surface area (Å²) in [5.41, 5.74) is 1.35. The SMILES string of the molecule is COc1ccccc1C(=O)NCCNc1nnnn1-c1ccccc1. The fraction of sp³-hybridized carbons (Fsp3) is 0.176. The molecule has 0 unspecified atom stereocenters. The molecule has 0 aliphatic rings. The third-order valence-electron chi connectivity index (χ3n) is 3.52. The summed E-state index contributed by atoms with van der Waals surface area (Å²) < 4.78 is 6.79. The van der Waals surface area contributed by atoms with E-state index < -0.39 is 0 Å². The van der Waals surface area contributed by atoms with Crippen molar-refractivity contribution in [2.45, 2.75) is 0 Å². The molecule has 0 saturated heterocycles. The second-order valence-corrected chi connectivity index (χ2v) is 5.13. The molecule has 0 fully saturated rings. The molecule has 0 saturated carbocycles. The molecule has 128 valence electrons. The normalized spacial score (nSPS) is 10.3. The molecule has 0 aliphatic heterocycles. The summed E-state index contributed by atoms with van der Waals surface area (Å²) in [5, 5.41) is 17.5. The molecular weight excluding hydrogens is 320 g/mol. The molecule has 1 amide bonds. The van der Waals surface area contributed by atoms with Crippen LogP contribution in [0.3, 0.4) is 0 Å². The Balaban J connectivity index is 1.54. The molecule has 3 rings (SSSR count). The van der Waals surface area contributed by atoms with Gasteiger partial charge in [-0.2, -0.15) is 4.68 Å². The third-order valence-corrected chi connectivity index (χ3v) is 3.52. The van der Waals surface area contributed by atoms with Crippen molar-refractivity contribution in [3.63, 3.8) is 0 Å². The lowest BCUT2D eigenvalue weighted by atomic mass is 10.2. The van der Waals surface area contributed by atoms with Gasteiger partial charge in [-0.05, 0) is 34.7 Å². The van der Waals surface area contributed by atoms with E-state index in [0.717, 1.165) is 5.69 Å². The monoisotopic (exact) mass is 338 g/mol. The number of carbonyl (C=O) groups is 1. The third kappa shape index (κ3) is 3.92. The van der Waals surface area contributed by atoms with Gasteiger partial charge in [0.05, 0.1) is 18.4 Å². The van der Waals surface area contributed by atoms with Gasteiger partial charge in [-0.25, -0.2) is 0 Å². The van der Waals surface area contributed by atoms with Gasteiger partial charge in [-0.15, -0.1) is 0 Å². The molecule has 2 N–H and O–H groups in total. The molecule has 0 bridgehead atoms. The highest BCUT2D eigenvalue weighted by molar-refractivity contribution is 5.96. The van der Waals surface area contributed by atoms with Crippen LogP contribution in [0.1, 0.15) is 10.4 Å². The minimum Gasteiger partial charge on any atom is -0.496 e. The number of rotatable bonds is 7. The van der Waals surface area contributed by atoms with Crippen molar-refractivity contribution in [2.24, 2.45) is 0 Å². The quantitative estimate of drug-likeness (QED) is 0.634. The minimum absolute atomic E-state index is 0.193. The van der Waals surface area contributed by atoms with Gasteiger partial charge >= 0.3 is 0 Å². The Bertz CT molecular complexity index is 834. The first-order valence-electron chi connectivity index (χ1n) is 7.78. The molecule has 1 aromatic heterocycles. The number of hydrogen-bond acceptors (Lipinski definition) is 6. The smallest absolute Gasteiger partial charge is 0.255 e. The van der Waals surface area contributed by atoms with E-state index in [-0.39, 0.29) is 5.91 Å². The number of hydrogen-bond donors (Lipinski definition) is 2. The minimum atomic E-state index is -0.193. The highest BCUT2D eigenvalue weighted by Crippen LogP contribution is 2.16. The number of anilines is 1. The molecule has 0 atom stereocenters. The maximum Gasteiger partial charge on any atom is 0.255 e. The van der Waals surface area contributed by atoms with E-state index in [0.29, 0.717) is 30.4 Å². The number of benzene rings is 2. The maximum atomic E-state index is 12.2. The number of methoxy groups -OCH3 is 1. The van der Waals surface area contributed by atoms with Crippen LogP contribution >= 0.6 is 0 Å². The lowest BCUT2D eigenvalue weighted by Crippen LogP contribution is -2.29. The first-order valence-corrected chi connectivity index (χ1v) is 7.78. The highest BCUT2D eigenvalue weighted by atomic mass is 16.5. The van der Waals surface area contributed by atoms with Crippen LogP contribution in [0.5, 0.6) is 5.75 Å². The second-order valence-electron chi connectivity index (χ2n) is 5.13. The van der Waals surface area contributed by atoms with E-state index in [4.69, 9.17) is 4.74 Å². The number of aromatic nitrogens is 4. The van der Waals surface area contributed by atoms with Crippen molar-refractivity contribution in [3.05, 3.63) is 60.2 Å². The summed E-state index contributed by atoms with van der Waals surface area (Å²) >= 11 is 0. The van der Waals surface area contributed by atoms with Crippen molar-refractivity contribution in [1.29, 1.82) is 0 Å². The Morgan fingerprint density at radius 1 is 1.08 bits per heavy atom. The lowest BCUT2D eigenvalue weighted by Gasteiger charge is -2.10. The molecule has 2 aromatic carbocycles. The number of carbonyl (C=O) groups excluding carboxylic acids is 1. The standard InChI is InChI=1S/C17H18N6O2/c1-25-15-10-6-5-9-14(15)16(24)18-11-12-19-17-20-21-22-23(17)13-7-3-2-4-8-13/h2-10H,11-12H2,1H3,(H,18,24)(H,19,20,22). The number of amides is 1. The fourth-order valence-corrected chi connectivity index (χ4v) is 2.32. The van der Waals surface area contributed by atoms with Gasteiger partial charge in [0.25, 0.3) is 5.91 Å². The molecule has 0 aliphatic carbocycles. The van der Waals surface area contributed by atoms with Gasteiger partial charge in [0.15, 0.2) is 0 Å². The van der Waals surface area contributed by atoms with Gasteiger partial charge in [0.1, 0.15) is 5.75 Å². The summed E-state index contributed by atoms with van der Waals surface area (Å²) in [7, 11) is 1.54. The second kappa shape index (κ2) is 7.91. The van der Waals surface area contributed by atoms with Gasteiger partial charge in [-0.1, -0.05) is 35.4 Å². The number of nitrogens with zero attached hydrogens (tertiary/aromatic N) is 4. The Labute approximate surface area is 144 Å². The number of ether oxygens (including phenoxy) is 1. The Hall–Kier alpha value is -3.42. The van der Waals surface area contributed by atoms with Crippen LogP contribution in [0.2, 0.25) is 0 Å². The van der Waals surface area contributed by atoms with E-state index in [2.05, 4.69) is 26.2 Å². The zero-order valence-electron chi connectivity index (χ0n) is 13.7. The Morgan fingerprint density at radius 3 is 2.64 bits per heavy atom. The average molecular weight is 338 g/mol. The lowest BCUT2D eigenvalue weighted by molar-refractivity contribution is 0.0952. The van der Waals surface area contributed by atoms with Crippen molar-refractivity contribution < 1.29 is 9.53 Å². The van der Waals surface area contributed by atoms with E-state index >= 15 is 0 Å². The van der Waals surface area contributed by atoms with E-state index in [1.165, 1.54) is 7.11 Å². The molecule has 3 aromatic rings. The molecule has 0 spiro atoms.